The van der Waals surface area contributed by atoms with Gasteiger partial charge in [0.1, 0.15) is 5.78 Å². The van der Waals surface area contributed by atoms with Crippen LogP contribution in [0.5, 0.6) is 0 Å². The summed E-state index contributed by atoms with van der Waals surface area (Å²) in [5, 5.41) is 0. The number of carbonyl (C=O) groups is 1. The molecule has 0 bridgehead atoms. The summed E-state index contributed by atoms with van der Waals surface area (Å²) in [4.78, 5) is 16.0. The number of carbonyl (C=O) groups excluding carboxylic acids is 1. The zero-order valence-corrected chi connectivity index (χ0v) is 9.57. The maximum Gasteiger partial charge on any atom is 0.136 e. The highest BCUT2D eigenvalue weighted by Crippen LogP contribution is 2.12. The lowest BCUT2D eigenvalue weighted by Gasteiger charge is -2.10. The van der Waals surface area contributed by atoms with Crippen LogP contribution in [0.1, 0.15) is 38.8 Å². The van der Waals surface area contributed by atoms with Gasteiger partial charge in [0, 0.05) is 24.2 Å². The van der Waals surface area contributed by atoms with Crippen LogP contribution in [0.3, 0.4) is 0 Å². The number of Topliss-reactive ketones (excluding diaryl/α,β-unsaturated/α-hetero) is 1. The van der Waals surface area contributed by atoms with E-state index in [4.69, 9.17) is 0 Å². The predicted octanol–water partition coefficient (Wildman–Crippen LogP) is 3.02. The minimum atomic E-state index is 0.244. The molecule has 0 saturated heterocycles. The molecule has 0 aliphatic heterocycles. The molecule has 0 spiro atoms. The Morgan fingerprint density at radius 3 is 2.60 bits per heavy atom. The van der Waals surface area contributed by atoms with Gasteiger partial charge in [-0.25, -0.2) is 0 Å². The van der Waals surface area contributed by atoms with Crippen molar-refractivity contribution in [1.29, 1.82) is 0 Å². The molecular weight excluding hydrogens is 186 g/mol. The Bertz CT molecular complexity index is 291. The van der Waals surface area contributed by atoms with Crippen LogP contribution in [0.4, 0.5) is 0 Å². The largest absolute Gasteiger partial charge is 0.299 e. The third-order valence-corrected chi connectivity index (χ3v) is 2.79. The van der Waals surface area contributed by atoms with Crippen molar-refractivity contribution in [3.63, 3.8) is 0 Å². The van der Waals surface area contributed by atoms with Crippen molar-refractivity contribution in [3.8, 4) is 0 Å². The maximum absolute atomic E-state index is 11.8. The summed E-state index contributed by atoms with van der Waals surface area (Å²) in [6, 6.07) is 5.83. The minimum absolute atomic E-state index is 0.244. The molecule has 0 fully saturated rings. The van der Waals surface area contributed by atoms with Crippen molar-refractivity contribution in [1.82, 2.24) is 4.98 Å². The Kier molecular flexibility index (Phi) is 5.02. The van der Waals surface area contributed by atoms with Gasteiger partial charge < -0.3 is 0 Å². The molecule has 1 heterocycles. The lowest BCUT2D eigenvalue weighted by Crippen LogP contribution is -2.13. The zero-order valence-electron chi connectivity index (χ0n) is 9.57. The van der Waals surface area contributed by atoms with Crippen LogP contribution in [0.2, 0.25) is 0 Å². The van der Waals surface area contributed by atoms with Crippen LogP contribution in [-0.4, -0.2) is 10.8 Å². The monoisotopic (exact) mass is 205 g/mol. The van der Waals surface area contributed by atoms with E-state index in [9.17, 15) is 4.79 Å². The lowest BCUT2D eigenvalue weighted by atomic mass is 9.94. The third kappa shape index (κ3) is 3.82. The fraction of sp³-hybridized carbons (Fsp3) is 0.538. The average molecular weight is 205 g/mol. The van der Waals surface area contributed by atoms with Gasteiger partial charge >= 0.3 is 0 Å². The first kappa shape index (κ1) is 11.9. The van der Waals surface area contributed by atoms with Crippen molar-refractivity contribution in [2.24, 2.45) is 5.92 Å². The summed E-state index contributed by atoms with van der Waals surface area (Å²) in [6.07, 6.45) is 5.09. The standard InChI is InChI=1S/C13H19NO/c1-3-11(4-2)13(15)9-8-12-7-5-6-10-14-12/h5-7,10-11H,3-4,8-9H2,1-2H3. The van der Waals surface area contributed by atoms with Crippen LogP contribution in [0.25, 0.3) is 0 Å². The number of pyridine rings is 1. The molecule has 1 aromatic heterocycles. The molecule has 2 nitrogen and oxygen atoms in total. The average Bonchev–Trinajstić information content (AvgIpc) is 2.29. The first-order valence-electron chi connectivity index (χ1n) is 5.70. The SMILES string of the molecule is CCC(CC)C(=O)CCc1ccccn1. The molecule has 82 valence electrons. The van der Waals surface area contributed by atoms with E-state index in [0.29, 0.717) is 12.2 Å². The molecule has 2 heteroatoms. The van der Waals surface area contributed by atoms with E-state index >= 15 is 0 Å². The van der Waals surface area contributed by atoms with Gasteiger partial charge in [-0.05, 0) is 31.4 Å². The van der Waals surface area contributed by atoms with Crippen LogP contribution in [0.15, 0.2) is 24.4 Å². The number of aromatic nitrogens is 1. The Balaban J connectivity index is 2.40. The van der Waals surface area contributed by atoms with Gasteiger partial charge in [-0.3, -0.25) is 9.78 Å². The van der Waals surface area contributed by atoms with E-state index < -0.39 is 0 Å². The molecule has 0 aliphatic rings. The van der Waals surface area contributed by atoms with Crippen molar-refractivity contribution in [2.75, 3.05) is 0 Å². The number of nitrogens with zero attached hydrogens (tertiary/aromatic N) is 1. The van der Waals surface area contributed by atoms with Crippen LogP contribution < -0.4 is 0 Å². The quantitative estimate of drug-likeness (QED) is 0.714. The molecule has 15 heavy (non-hydrogen) atoms. The number of aryl methyl sites for hydroxylation is 1. The summed E-state index contributed by atoms with van der Waals surface area (Å²) in [6.45, 7) is 4.15. The van der Waals surface area contributed by atoms with Crippen molar-refractivity contribution in [3.05, 3.63) is 30.1 Å². The summed E-state index contributed by atoms with van der Waals surface area (Å²) < 4.78 is 0. The van der Waals surface area contributed by atoms with Gasteiger partial charge in [0.15, 0.2) is 0 Å². The molecule has 0 saturated carbocycles. The number of rotatable bonds is 6. The molecule has 0 N–H and O–H groups in total. The topological polar surface area (TPSA) is 30.0 Å². The van der Waals surface area contributed by atoms with Crippen molar-refractivity contribution < 1.29 is 4.79 Å². The van der Waals surface area contributed by atoms with Gasteiger partial charge in [-0.1, -0.05) is 19.9 Å². The molecule has 0 radical (unpaired) electrons. The number of hydrogen-bond acceptors (Lipinski definition) is 2. The van der Waals surface area contributed by atoms with Crippen molar-refractivity contribution >= 4 is 5.78 Å². The molecule has 0 unspecified atom stereocenters. The first-order valence-corrected chi connectivity index (χ1v) is 5.70. The lowest BCUT2D eigenvalue weighted by molar-refractivity contribution is -0.123. The second kappa shape index (κ2) is 6.33. The van der Waals surface area contributed by atoms with E-state index in [1.54, 1.807) is 6.20 Å². The molecule has 0 atom stereocenters. The highest BCUT2D eigenvalue weighted by atomic mass is 16.1. The van der Waals surface area contributed by atoms with E-state index in [0.717, 1.165) is 25.0 Å². The molecule has 1 aromatic rings. The second-order valence-corrected chi connectivity index (χ2v) is 3.80. The third-order valence-electron chi connectivity index (χ3n) is 2.79. The molecule has 0 aliphatic carbocycles. The van der Waals surface area contributed by atoms with Crippen LogP contribution >= 0.6 is 0 Å². The Labute approximate surface area is 91.7 Å². The highest BCUT2D eigenvalue weighted by Gasteiger charge is 2.13. The van der Waals surface area contributed by atoms with E-state index in [1.807, 2.05) is 18.2 Å². The fourth-order valence-corrected chi connectivity index (χ4v) is 1.75. The summed E-state index contributed by atoms with van der Waals surface area (Å²) >= 11 is 0. The Morgan fingerprint density at radius 1 is 1.33 bits per heavy atom. The fourth-order valence-electron chi connectivity index (χ4n) is 1.75. The highest BCUT2D eigenvalue weighted by molar-refractivity contribution is 5.81. The van der Waals surface area contributed by atoms with Crippen LogP contribution in [-0.2, 0) is 11.2 Å². The summed E-state index contributed by atoms with van der Waals surface area (Å²) in [7, 11) is 0. The first-order chi connectivity index (χ1) is 7.27. The van der Waals surface area contributed by atoms with E-state index in [2.05, 4.69) is 18.8 Å². The molecule has 0 aromatic carbocycles. The summed E-state index contributed by atoms with van der Waals surface area (Å²) in [5.41, 5.74) is 1.01. The number of hydrogen-bond donors (Lipinski definition) is 0. The molecule has 1 rings (SSSR count). The van der Waals surface area contributed by atoms with Gasteiger partial charge in [0.05, 0.1) is 0 Å². The van der Waals surface area contributed by atoms with Gasteiger partial charge in [-0.15, -0.1) is 0 Å². The van der Waals surface area contributed by atoms with Crippen LogP contribution in [0, 0.1) is 5.92 Å². The Hall–Kier alpha value is -1.18. The Morgan fingerprint density at radius 2 is 2.07 bits per heavy atom. The van der Waals surface area contributed by atoms with Gasteiger partial charge in [0.25, 0.3) is 0 Å². The smallest absolute Gasteiger partial charge is 0.136 e. The van der Waals surface area contributed by atoms with Gasteiger partial charge in [-0.2, -0.15) is 0 Å². The van der Waals surface area contributed by atoms with E-state index in [1.165, 1.54) is 0 Å². The molecular formula is C13H19NO. The number of ketones is 1. The zero-order chi connectivity index (χ0) is 11.1. The minimum Gasteiger partial charge on any atom is -0.299 e. The van der Waals surface area contributed by atoms with Gasteiger partial charge in [0.2, 0.25) is 0 Å². The van der Waals surface area contributed by atoms with E-state index in [-0.39, 0.29) is 5.92 Å². The predicted molar refractivity (Wildman–Crippen MR) is 61.6 cm³/mol. The molecule has 0 amide bonds. The normalized spacial score (nSPS) is 10.6. The summed E-state index contributed by atoms with van der Waals surface area (Å²) in [5.74, 6) is 0.624. The maximum atomic E-state index is 11.8. The van der Waals surface area contributed by atoms with Crippen molar-refractivity contribution in [2.45, 2.75) is 39.5 Å². The second-order valence-electron chi connectivity index (χ2n) is 3.80.